The third kappa shape index (κ3) is 2.38. The molecular formula is C12H22N2O2. The molecule has 2 heterocycles. The fourth-order valence-electron chi connectivity index (χ4n) is 2.76. The van der Waals surface area contributed by atoms with Crippen LogP contribution in [0.5, 0.6) is 0 Å². The quantitative estimate of drug-likeness (QED) is 0.761. The molecule has 16 heavy (non-hydrogen) atoms. The van der Waals surface area contributed by atoms with Gasteiger partial charge in [-0.15, -0.1) is 0 Å². The van der Waals surface area contributed by atoms with Gasteiger partial charge in [0, 0.05) is 26.1 Å². The number of nitrogens with one attached hydrogen (secondary N) is 1. The maximum atomic E-state index is 12.2. The molecule has 0 aromatic carbocycles. The van der Waals surface area contributed by atoms with E-state index in [0.29, 0.717) is 17.7 Å². The van der Waals surface area contributed by atoms with Crippen LogP contribution in [0, 0.1) is 11.8 Å². The standard InChI is InChI=1S/C12H22N2O2/c1-9-6-14(7-10(9)8-16-2)12(15)11-4-3-5-13-11/h9-11,13H,3-8H2,1-2H3. The minimum atomic E-state index is 0.0773. The highest BCUT2D eigenvalue weighted by atomic mass is 16.5. The van der Waals surface area contributed by atoms with E-state index in [1.54, 1.807) is 7.11 Å². The van der Waals surface area contributed by atoms with Crippen molar-refractivity contribution in [3.63, 3.8) is 0 Å². The van der Waals surface area contributed by atoms with Gasteiger partial charge in [-0.2, -0.15) is 0 Å². The van der Waals surface area contributed by atoms with Gasteiger partial charge in [0.1, 0.15) is 0 Å². The highest BCUT2D eigenvalue weighted by Gasteiger charge is 2.35. The van der Waals surface area contributed by atoms with Gasteiger partial charge in [-0.25, -0.2) is 0 Å². The Bertz CT molecular complexity index is 251. The van der Waals surface area contributed by atoms with E-state index in [4.69, 9.17) is 4.74 Å². The Hall–Kier alpha value is -0.610. The molecule has 0 spiro atoms. The summed E-state index contributed by atoms with van der Waals surface area (Å²) in [6.07, 6.45) is 2.12. The number of carbonyl (C=O) groups excluding carboxylic acids is 1. The van der Waals surface area contributed by atoms with Crippen LogP contribution < -0.4 is 5.32 Å². The van der Waals surface area contributed by atoms with Crippen molar-refractivity contribution in [1.82, 2.24) is 10.2 Å². The number of rotatable bonds is 3. The first kappa shape index (κ1) is 11.9. The number of hydrogen-bond acceptors (Lipinski definition) is 3. The lowest BCUT2D eigenvalue weighted by molar-refractivity contribution is -0.132. The molecule has 3 unspecified atom stereocenters. The third-order valence-corrected chi connectivity index (χ3v) is 3.82. The van der Waals surface area contributed by atoms with Crippen molar-refractivity contribution in [1.29, 1.82) is 0 Å². The molecule has 2 fully saturated rings. The Morgan fingerprint density at radius 1 is 1.50 bits per heavy atom. The average Bonchev–Trinajstić information content (AvgIpc) is 2.88. The normalized spacial score (nSPS) is 34.6. The smallest absolute Gasteiger partial charge is 0.239 e. The molecule has 2 aliphatic heterocycles. The van der Waals surface area contributed by atoms with Crippen LogP contribution in [0.4, 0.5) is 0 Å². The number of methoxy groups -OCH3 is 1. The Kier molecular flexibility index (Phi) is 3.82. The van der Waals surface area contributed by atoms with Crippen LogP contribution in [0.1, 0.15) is 19.8 Å². The SMILES string of the molecule is COCC1CN(C(=O)C2CCCN2)CC1C. The van der Waals surface area contributed by atoms with E-state index in [-0.39, 0.29) is 6.04 Å². The van der Waals surface area contributed by atoms with Gasteiger partial charge in [0.25, 0.3) is 0 Å². The molecule has 3 atom stereocenters. The number of likely N-dealkylation sites (tertiary alicyclic amines) is 1. The summed E-state index contributed by atoms with van der Waals surface area (Å²) in [5, 5.41) is 3.27. The Morgan fingerprint density at radius 3 is 2.94 bits per heavy atom. The molecule has 92 valence electrons. The largest absolute Gasteiger partial charge is 0.384 e. The first-order valence-corrected chi connectivity index (χ1v) is 6.23. The molecule has 2 rings (SSSR count). The molecule has 2 aliphatic rings. The summed E-state index contributed by atoms with van der Waals surface area (Å²) in [6, 6.07) is 0.0773. The molecule has 0 aliphatic carbocycles. The van der Waals surface area contributed by atoms with Gasteiger partial charge in [0.2, 0.25) is 5.91 Å². The highest BCUT2D eigenvalue weighted by Crippen LogP contribution is 2.24. The fraction of sp³-hybridized carbons (Fsp3) is 0.917. The molecule has 0 aromatic heterocycles. The maximum absolute atomic E-state index is 12.2. The summed E-state index contributed by atoms with van der Waals surface area (Å²) in [6.45, 7) is 5.72. The zero-order valence-corrected chi connectivity index (χ0v) is 10.2. The molecule has 0 saturated carbocycles. The lowest BCUT2D eigenvalue weighted by Crippen LogP contribution is -2.42. The average molecular weight is 226 g/mol. The van der Waals surface area contributed by atoms with Crippen LogP contribution in [-0.2, 0) is 9.53 Å². The zero-order valence-electron chi connectivity index (χ0n) is 10.2. The van der Waals surface area contributed by atoms with Crippen molar-refractivity contribution in [2.24, 2.45) is 11.8 Å². The molecule has 0 bridgehead atoms. The monoisotopic (exact) mass is 226 g/mol. The molecule has 4 heteroatoms. The second-order valence-corrected chi connectivity index (χ2v) is 5.08. The lowest BCUT2D eigenvalue weighted by atomic mass is 10.00. The van der Waals surface area contributed by atoms with E-state index in [1.807, 2.05) is 4.90 Å². The van der Waals surface area contributed by atoms with Crippen LogP contribution in [0.15, 0.2) is 0 Å². The van der Waals surface area contributed by atoms with Gasteiger partial charge in [0.15, 0.2) is 0 Å². The molecule has 2 saturated heterocycles. The molecule has 1 amide bonds. The number of nitrogens with zero attached hydrogens (tertiary/aromatic N) is 1. The van der Waals surface area contributed by atoms with Gasteiger partial charge in [-0.3, -0.25) is 4.79 Å². The highest BCUT2D eigenvalue weighted by molar-refractivity contribution is 5.82. The van der Waals surface area contributed by atoms with E-state index in [9.17, 15) is 4.79 Å². The first-order valence-electron chi connectivity index (χ1n) is 6.23. The van der Waals surface area contributed by atoms with E-state index < -0.39 is 0 Å². The first-order chi connectivity index (χ1) is 7.72. The second kappa shape index (κ2) is 5.15. The molecule has 1 N–H and O–H groups in total. The molecule has 4 nitrogen and oxygen atoms in total. The molecular weight excluding hydrogens is 204 g/mol. The second-order valence-electron chi connectivity index (χ2n) is 5.08. The van der Waals surface area contributed by atoms with Crippen molar-refractivity contribution in [3.8, 4) is 0 Å². The molecule has 0 radical (unpaired) electrons. The topological polar surface area (TPSA) is 41.6 Å². The maximum Gasteiger partial charge on any atom is 0.239 e. The van der Waals surface area contributed by atoms with Crippen molar-refractivity contribution < 1.29 is 9.53 Å². The van der Waals surface area contributed by atoms with Crippen molar-refractivity contribution in [2.75, 3.05) is 33.4 Å². The molecule has 0 aromatic rings. The van der Waals surface area contributed by atoms with Crippen molar-refractivity contribution >= 4 is 5.91 Å². The zero-order chi connectivity index (χ0) is 11.5. The summed E-state index contributed by atoms with van der Waals surface area (Å²) in [5.41, 5.74) is 0. The van der Waals surface area contributed by atoms with E-state index in [2.05, 4.69) is 12.2 Å². The number of amides is 1. The van der Waals surface area contributed by atoms with Crippen LogP contribution in [0.3, 0.4) is 0 Å². The van der Waals surface area contributed by atoms with Gasteiger partial charge in [-0.05, 0) is 25.3 Å². The summed E-state index contributed by atoms with van der Waals surface area (Å²) in [4.78, 5) is 14.2. The van der Waals surface area contributed by atoms with Crippen molar-refractivity contribution in [3.05, 3.63) is 0 Å². The van der Waals surface area contributed by atoms with E-state index in [1.165, 1.54) is 0 Å². The number of hydrogen-bond donors (Lipinski definition) is 1. The van der Waals surface area contributed by atoms with Crippen LogP contribution in [0.2, 0.25) is 0 Å². The van der Waals surface area contributed by atoms with E-state index >= 15 is 0 Å². The lowest BCUT2D eigenvalue weighted by Gasteiger charge is -2.20. The fourth-order valence-corrected chi connectivity index (χ4v) is 2.76. The third-order valence-electron chi connectivity index (χ3n) is 3.82. The summed E-state index contributed by atoms with van der Waals surface area (Å²) >= 11 is 0. The Balaban J connectivity index is 1.88. The van der Waals surface area contributed by atoms with Crippen molar-refractivity contribution in [2.45, 2.75) is 25.8 Å². The van der Waals surface area contributed by atoms with Crippen LogP contribution >= 0.6 is 0 Å². The predicted octanol–water partition coefficient (Wildman–Crippen LogP) is 0.479. The Morgan fingerprint density at radius 2 is 2.31 bits per heavy atom. The number of carbonyl (C=O) groups is 1. The van der Waals surface area contributed by atoms with Crippen LogP contribution in [-0.4, -0.2) is 50.2 Å². The predicted molar refractivity (Wildman–Crippen MR) is 62.1 cm³/mol. The minimum absolute atomic E-state index is 0.0773. The van der Waals surface area contributed by atoms with Crippen LogP contribution in [0.25, 0.3) is 0 Å². The summed E-state index contributed by atoms with van der Waals surface area (Å²) in [7, 11) is 1.73. The van der Waals surface area contributed by atoms with Gasteiger partial charge < -0.3 is 15.0 Å². The van der Waals surface area contributed by atoms with Gasteiger partial charge in [0.05, 0.1) is 12.6 Å². The van der Waals surface area contributed by atoms with Gasteiger partial charge >= 0.3 is 0 Å². The minimum Gasteiger partial charge on any atom is -0.384 e. The summed E-state index contributed by atoms with van der Waals surface area (Å²) < 4.78 is 5.20. The Labute approximate surface area is 97.3 Å². The van der Waals surface area contributed by atoms with E-state index in [0.717, 1.165) is 39.1 Å². The number of ether oxygens (including phenoxy) is 1. The summed E-state index contributed by atoms with van der Waals surface area (Å²) in [5.74, 6) is 1.36. The van der Waals surface area contributed by atoms with Gasteiger partial charge in [-0.1, -0.05) is 6.92 Å².